The monoisotopic (exact) mass is 1310 g/mol. The standard InChI is InChI=1S/C82H150NO8P/c1-6-8-10-12-14-16-18-20-22-24-26-28-30-32-34-36-38-39-40-41-42-43-45-46-48-50-52-54-56-58-60-62-64-66-68-70-72-74-81(84)88-78-80(79-90-92(86,87)89-77-76-83(3,4)5)91-82(85)75-73-71-69-67-65-63-61-59-57-55-53-51-49-47-44-37-35-33-31-29-27-25-23-21-19-17-15-13-11-9-7-2/h9,11,15,17-18,20-21,23-24,26-27,29-30,32,80H,6-8,10,12-14,16,19,22,25,28,31,33-79H2,1-5H3/p+1/b11-9-,17-15-,20-18-,23-21-,26-24-,29-27-,32-30-. The van der Waals surface area contributed by atoms with Crippen LogP contribution < -0.4 is 0 Å². The smallest absolute Gasteiger partial charge is 0.462 e. The number of ether oxygens (including phenoxy) is 2. The molecule has 0 aliphatic carbocycles. The molecule has 0 aromatic heterocycles. The maximum absolute atomic E-state index is 12.9. The topological polar surface area (TPSA) is 108 Å². The number of quaternary nitrogens is 1. The first kappa shape index (κ1) is 89.2. The fraction of sp³-hybridized carbons (Fsp3) is 0.805. The predicted octanol–water partition coefficient (Wildman–Crippen LogP) is 26.1. The van der Waals surface area contributed by atoms with Crippen molar-refractivity contribution >= 4 is 19.8 Å². The van der Waals surface area contributed by atoms with Crippen molar-refractivity contribution in [1.82, 2.24) is 0 Å². The van der Waals surface area contributed by atoms with Gasteiger partial charge in [-0.25, -0.2) is 4.57 Å². The summed E-state index contributed by atoms with van der Waals surface area (Å²) in [7, 11) is 1.49. The molecule has 0 saturated carbocycles. The molecule has 1 N–H and O–H groups in total. The Morgan fingerprint density at radius 1 is 0.348 bits per heavy atom. The first-order valence-corrected chi connectivity index (χ1v) is 40.8. The summed E-state index contributed by atoms with van der Waals surface area (Å²) in [6.07, 6.45) is 100. The van der Waals surface area contributed by atoms with E-state index < -0.39 is 26.5 Å². The summed E-state index contributed by atoms with van der Waals surface area (Å²) in [6.45, 7) is 4.37. The lowest BCUT2D eigenvalue weighted by Crippen LogP contribution is -2.37. The van der Waals surface area contributed by atoms with E-state index >= 15 is 0 Å². The Hall–Kier alpha value is -2.81. The average molecular weight is 1310 g/mol. The van der Waals surface area contributed by atoms with Gasteiger partial charge < -0.3 is 18.9 Å². The molecule has 0 radical (unpaired) electrons. The van der Waals surface area contributed by atoms with Gasteiger partial charge in [0.2, 0.25) is 0 Å². The number of rotatable bonds is 73. The Labute approximate surface area is 571 Å². The van der Waals surface area contributed by atoms with E-state index in [1.807, 2.05) is 21.1 Å². The Morgan fingerprint density at radius 3 is 0.924 bits per heavy atom. The summed E-state index contributed by atoms with van der Waals surface area (Å²) in [6, 6.07) is 0. The third-order valence-electron chi connectivity index (χ3n) is 17.4. The number of esters is 2. The van der Waals surface area contributed by atoms with Crippen LogP contribution in [0.25, 0.3) is 0 Å². The van der Waals surface area contributed by atoms with Crippen LogP contribution in [0.2, 0.25) is 0 Å². The third-order valence-corrected chi connectivity index (χ3v) is 18.4. The predicted molar refractivity (Wildman–Crippen MR) is 399 cm³/mol. The summed E-state index contributed by atoms with van der Waals surface area (Å²) in [5.74, 6) is -0.779. The average Bonchev–Trinajstić information content (AvgIpc) is 2.14. The molecule has 0 spiro atoms. The quantitative estimate of drug-likeness (QED) is 0.0211. The molecule has 0 aliphatic rings. The highest BCUT2D eigenvalue weighted by Crippen LogP contribution is 2.43. The zero-order valence-electron chi connectivity index (χ0n) is 61.3. The molecule has 0 aromatic rings. The van der Waals surface area contributed by atoms with Crippen LogP contribution >= 0.6 is 7.82 Å². The van der Waals surface area contributed by atoms with Gasteiger partial charge in [-0.2, -0.15) is 0 Å². The van der Waals surface area contributed by atoms with Gasteiger partial charge in [0.15, 0.2) is 6.10 Å². The van der Waals surface area contributed by atoms with Crippen LogP contribution in [0.4, 0.5) is 0 Å². The molecular weight excluding hydrogens is 1160 g/mol. The first-order chi connectivity index (χ1) is 45.0. The number of likely N-dealkylation sites (N-methyl/N-ethyl adjacent to an activating group) is 1. The van der Waals surface area contributed by atoms with E-state index in [4.69, 9.17) is 18.5 Å². The zero-order valence-corrected chi connectivity index (χ0v) is 62.2. The van der Waals surface area contributed by atoms with E-state index in [1.165, 1.54) is 270 Å². The number of allylic oxidation sites excluding steroid dienone is 14. The lowest BCUT2D eigenvalue weighted by Gasteiger charge is -2.24. The lowest BCUT2D eigenvalue weighted by atomic mass is 10.0. The van der Waals surface area contributed by atoms with Crippen LogP contribution in [-0.2, 0) is 32.7 Å². The minimum Gasteiger partial charge on any atom is -0.462 e. The molecule has 536 valence electrons. The number of hydrogen-bond donors (Lipinski definition) is 1. The van der Waals surface area contributed by atoms with Crippen LogP contribution in [0.3, 0.4) is 0 Å². The molecule has 10 heteroatoms. The molecule has 0 saturated heterocycles. The molecule has 0 fully saturated rings. The Kier molecular flexibility index (Phi) is 70.2. The molecule has 2 atom stereocenters. The molecule has 9 nitrogen and oxygen atoms in total. The Morgan fingerprint density at radius 2 is 0.620 bits per heavy atom. The normalized spacial score (nSPS) is 13.5. The van der Waals surface area contributed by atoms with Crippen molar-refractivity contribution in [1.29, 1.82) is 0 Å². The van der Waals surface area contributed by atoms with Crippen molar-refractivity contribution in [2.75, 3.05) is 47.5 Å². The fourth-order valence-corrected chi connectivity index (χ4v) is 12.2. The highest BCUT2D eigenvalue weighted by atomic mass is 31.2. The van der Waals surface area contributed by atoms with Crippen LogP contribution in [0.1, 0.15) is 373 Å². The summed E-state index contributed by atoms with van der Waals surface area (Å²) in [4.78, 5) is 36.0. The van der Waals surface area contributed by atoms with Crippen molar-refractivity contribution in [2.45, 2.75) is 380 Å². The molecule has 0 rings (SSSR count). The van der Waals surface area contributed by atoms with E-state index in [0.717, 1.165) is 70.6 Å². The van der Waals surface area contributed by atoms with Gasteiger partial charge in [-0.3, -0.25) is 18.6 Å². The second kappa shape index (κ2) is 72.5. The van der Waals surface area contributed by atoms with E-state index in [2.05, 4.69) is 98.9 Å². The van der Waals surface area contributed by atoms with Crippen molar-refractivity contribution in [2.24, 2.45) is 0 Å². The maximum Gasteiger partial charge on any atom is 0.472 e. The number of nitrogens with zero attached hydrogens (tertiary/aromatic N) is 1. The van der Waals surface area contributed by atoms with Crippen molar-refractivity contribution < 1.29 is 42.1 Å². The Bertz CT molecular complexity index is 1830. The molecule has 0 heterocycles. The van der Waals surface area contributed by atoms with E-state index in [-0.39, 0.29) is 25.6 Å². The molecule has 0 aromatic carbocycles. The summed E-state index contributed by atoms with van der Waals surface area (Å²) in [5.41, 5.74) is 0. The van der Waals surface area contributed by atoms with Gasteiger partial charge in [0.1, 0.15) is 19.8 Å². The lowest BCUT2D eigenvalue weighted by molar-refractivity contribution is -0.870. The number of carbonyl (C=O) groups excluding carboxylic acids is 2. The zero-order chi connectivity index (χ0) is 66.9. The van der Waals surface area contributed by atoms with Gasteiger partial charge in [0.25, 0.3) is 0 Å². The number of hydrogen-bond acceptors (Lipinski definition) is 7. The molecular formula is C82H151NO8P+. The van der Waals surface area contributed by atoms with E-state index in [1.54, 1.807) is 0 Å². The summed E-state index contributed by atoms with van der Waals surface area (Å²) < 4.78 is 34.8. The van der Waals surface area contributed by atoms with Crippen LogP contribution in [-0.4, -0.2) is 74.9 Å². The van der Waals surface area contributed by atoms with Gasteiger partial charge in [-0.05, 0) is 89.9 Å². The van der Waals surface area contributed by atoms with Crippen LogP contribution in [0, 0.1) is 0 Å². The fourth-order valence-electron chi connectivity index (χ4n) is 11.4. The van der Waals surface area contributed by atoms with Gasteiger partial charge in [-0.1, -0.05) is 356 Å². The number of unbranched alkanes of at least 4 members (excludes halogenated alkanes) is 45. The summed E-state index contributed by atoms with van der Waals surface area (Å²) >= 11 is 0. The van der Waals surface area contributed by atoms with E-state index in [0.29, 0.717) is 23.9 Å². The van der Waals surface area contributed by atoms with E-state index in [9.17, 15) is 19.0 Å². The van der Waals surface area contributed by atoms with Crippen LogP contribution in [0.5, 0.6) is 0 Å². The highest BCUT2D eigenvalue weighted by Gasteiger charge is 2.27. The third kappa shape index (κ3) is 76.2. The molecule has 92 heavy (non-hydrogen) atoms. The van der Waals surface area contributed by atoms with Crippen molar-refractivity contribution in [3.8, 4) is 0 Å². The van der Waals surface area contributed by atoms with Gasteiger partial charge >= 0.3 is 19.8 Å². The number of phosphoric ester groups is 1. The largest absolute Gasteiger partial charge is 0.472 e. The molecule has 0 amide bonds. The van der Waals surface area contributed by atoms with Crippen molar-refractivity contribution in [3.05, 3.63) is 85.1 Å². The number of phosphoric acid groups is 1. The van der Waals surface area contributed by atoms with Gasteiger partial charge in [0.05, 0.1) is 27.7 Å². The minimum absolute atomic E-state index is 0.0322. The first-order valence-electron chi connectivity index (χ1n) is 39.3. The Balaban J connectivity index is 3.93. The second-order valence-corrected chi connectivity index (χ2v) is 29.2. The molecule has 0 aliphatic heterocycles. The highest BCUT2D eigenvalue weighted by molar-refractivity contribution is 7.47. The summed E-state index contributed by atoms with van der Waals surface area (Å²) in [5, 5.41) is 0. The molecule has 2 unspecified atom stereocenters. The minimum atomic E-state index is -4.40. The van der Waals surface area contributed by atoms with Crippen molar-refractivity contribution in [3.63, 3.8) is 0 Å². The maximum atomic E-state index is 12.9. The second-order valence-electron chi connectivity index (χ2n) is 27.7. The number of carbonyl (C=O) groups is 2. The van der Waals surface area contributed by atoms with Crippen LogP contribution in [0.15, 0.2) is 85.1 Å². The van der Waals surface area contributed by atoms with Gasteiger partial charge in [-0.15, -0.1) is 0 Å². The molecule has 0 bridgehead atoms. The van der Waals surface area contributed by atoms with Gasteiger partial charge in [0, 0.05) is 12.8 Å². The SMILES string of the molecule is CC/C=C\C/C=C\C/C=C\C/C=C\CCCCCCCCCCCCCCCCCCCCC(=O)OC(COC(=O)CCCCCCCCCCCCCCCCCCCCCCCC/C=C\C/C=C\C/C=C\CCCCCCC)COP(=O)(O)OCC[N+](C)(C)C.